The standard InChI is InChI=1S/C20H21N3S/c1-3-7-17(8-4-1)19(18-9-5-2-6-10-18)22-12-14-23(15-13-22)20-21-11-16-24-20/h1-11,16,19H,12-15H2/p+1. The first-order valence-electron chi connectivity index (χ1n) is 8.51. The number of hydrogen-bond donors (Lipinski definition) is 1. The molecule has 0 spiro atoms. The van der Waals surface area contributed by atoms with Crippen LogP contribution in [0.2, 0.25) is 0 Å². The monoisotopic (exact) mass is 336 g/mol. The van der Waals surface area contributed by atoms with Crippen LogP contribution in [-0.2, 0) is 0 Å². The minimum Gasteiger partial charge on any atom is -0.337 e. The number of rotatable bonds is 4. The Morgan fingerprint density at radius 1 is 0.875 bits per heavy atom. The van der Waals surface area contributed by atoms with E-state index in [0.29, 0.717) is 6.04 Å². The Labute approximate surface area is 147 Å². The summed E-state index contributed by atoms with van der Waals surface area (Å²) in [6.07, 6.45) is 1.90. The molecule has 1 fully saturated rings. The molecule has 0 bridgehead atoms. The van der Waals surface area contributed by atoms with Gasteiger partial charge in [0.25, 0.3) is 0 Å². The number of quaternary nitrogens is 1. The van der Waals surface area contributed by atoms with Gasteiger partial charge in [-0.05, 0) is 0 Å². The number of hydrogen-bond acceptors (Lipinski definition) is 3. The lowest BCUT2D eigenvalue weighted by Crippen LogP contribution is -3.15. The van der Waals surface area contributed by atoms with Gasteiger partial charge in [0.1, 0.15) is 6.04 Å². The summed E-state index contributed by atoms with van der Waals surface area (Å²) in [5, 5.41) is 3.22. The van der Waals surface area contributed by atoms with E-state index in [0.717, 1.165) is 31.3 Å². The van der Waals surface area contributed by atoms with Crippen LogP contribution in [0.25, 0.3) is 0 Å². The van der Waals surface area contributed by atoms with E-state index >= 15 is 0 Å². The molecule has 1 saturated heterocycles. The molecule has 0 atom stereocenters. The third-order valence-corrected chi connectivity index (χ3v) is 5.60. The van der Waals surface area contributed by atoms with Crippen molar-refractivity contribution < 1.29 is 4.90 Å². The number of anilines is 1. The van der Waals surface area contributed by atoms with Crippen molar-refractivity contribution in [1.82, 2.24) is 4.98 Å². The van der Waals surface area contributed by atoms with Crippen molar-refractivity contribution in [3.8, 4) is 0 Å². The third kappa shape index (κ3) is 3.21. The predicted octanol–water partition coefficient (Wildman–Crippen LogP) is 2.64. The zero-order valence-corrected chi connectivity index (χ0v) is 14.5. The summed E-state index contributed by atoms with van der Waals surface area (Å²) in [5.41, 5.74) is 2.81. The molecule has 3 aromatic rings. The van der Waals surface area contributed by atoms with Gasteiger partial charge in [-0.1, -0.05) is 60.7 Å². The number of benzene rings is 2. The molecule has 0 saturated carbocycles. The predicted molar refractivity (Wildman–Crippen MR) is 99.8 cm³/mol. The number of nitrogens with zero attached hydrogens (tertiary/aromatic N) is 2. The van der Waals surface area contributed by atoms with Crippen LogP contribution in [0.15, 0.2) is 72.2 Å². The highest BCUT2D eigenvalue weighted by Gasteiger charge is 2.30. The first-order valence-corrected chi connectivity index (χ1v) is 9.39. The van der Waals surface area contributed by atoms with Crippen molar-refractivity contribution in [2.24, 2.45) is 0 Å². The summed E-state index contributed by atoms with van der Waals surface area (Å²) in [6.45, 7) is 4.40. The van der Waals surface area contributed by atoms with Gasteiger partial charge in [0.15, 0.2) is 5.13 Å². The van der Waals surface area contributed by atoms with Crippen LogP contribution in [0.5, 0.6) is 0 Å². The second-order valence-corrected chi connectivity index (χ2v) is 7.09. The molecule has 0 aliphatic carbocycles. The van der Waals surface area contributed by atoms with Gasteiger partial charge in [0.2, 0.25) is 0 Å². The Bertz CT molecular complexity index is 696. The van der Waals surface area contributed by atoms with E-state index in [9.17, 15) is 0 Å². The smallest absolute Gasteiger partial charge is 0.185 e. The van der Waals surface area contributed by atoms with Gasteiger partial charge in [-0.2, -0.15) is 0 Å². The van der Waals surface area contributed by atoms with Crippen molar-refractivity contribution in [3.63, 3.8) is 0 Å². The minimum atomic E-state index is 0.408. The lowest BCUT2D eigenvalue weighted by atomic mass is 9.96. The first-order chi connectivity index (χ1) is 11.9. The van der Waals surface area contributed by atoms with E-state index in [1.165, 1.54) is 11.1 Å². The third-order valence-electron chi connectivity index (χ3n) is 4.77. The van der Waals surface area contributed by atoms with Gasteiger partial charge in [-0.3, -0.25) is 0 Å². The Kier molecular flexibility index (Phi) is 4.58. The van der Waals surface area contributed by atoms with Crippen LogP contribution >= 0.6 is 11.3 Å². The Balaban J connectivity index is 1.57. The van der Waals surface area contributed by atoms with Gasteiger partial charge in [-0.15, -0.1) is 11.3 Å². The largest absolute Gasteiger partial charge is 0.337 e. The average Bonchev–Trinajstić information content (AvgIpc) is 3.19. The zero-order chi connectivity index (χ0) is 16.2. The highest BCUT2D eigenvalue weighted by molar-refractivity contribution is 7.13. The molecule has 1 aliphatic heterocycles. The highest BCUT2D eigenvalue weighted by atomic mass is 32.1. The Morgan fingerprint density at radius 3 is 1.96 bits per heavy atom. The van der Waals surface area contributed by atoms with Gasteiger partial charge in [0.05, 0.1) is 26.2 Å². The van der Waals surface area contributed by atoms with Crippen LogP contribution in [0.3, 0.4) is 0 Å². The van der Waals surface area contributed by atoms with Crippen LogP contribution in [-0.4, -0.2) is 31.2 Å². The molecule has 1 aromatic heterocycles. The summed E-state index contributed by atoms with van der Waals surface area (Å²) < 4.78 is 0. The quantitative estimate of drug-likeness (QED) is 0.790. The van der Waals surface area contributed by atoms with Gasteiger partial charge >= 0.3 is 0 Å². The number of piperazine rings is 1. The van der Waals surface area contributed by atoms with E-state index < -0.39 is 0 Å². The number of nitrogens with one attached hydrogen (secondary N) is 1. The van der Waals surface area contributed by atoms with E-state index in [-0.39, 0.29) is 0 Å². The van der Waals surface area contributed by atoms with Crippen LogP contribution < -0.4 is 9.80 Å². The highest BCUT2D eigenvalue weighted by Crippen LogP contribution is 2.21. The molecule has 122 valence electrons. The van der Waals surface area contributed by atoms with Gasteiger partial charge < -0.3 is 9.80 Å². The summed E-state index contributed by atoms with van der Waals surface area (Å²) in [4.78, 5) is 8.52. The number of thiazole rings is 1. The van der Waals surface area contributed by atoms with Crippen molar-refractivity contribution in [1.29, 1.82) is 0 Å². The molecule has 4 rings (SSSR count). The maximum absolute atomic E-state index is 4.46. The molecular weight excluding hydrogens is 314 g/mol. The lowest BCUT2D eigenvalue weighted by molar-refractivity contribution is -0.926. The zero-order valence-electron chi connectivity index (χ0n) is 13.6. The molecule has 2 aromatic carbocycles. The van der Waals surface area contributed by atoms with Gasteiger partial charge in [0, 0.05) is 22.7 Å². The molecule has 0 amide bonds. The van der Waals surface area contributed by atoms with E-state index in [4.69, 9.17) is 0 Å². The average molecular weight is 336 g/mol. The SMILES string of the molecule is c1ccc(C(c2ccccc2)[NH+]2CCN(c3nccs3)CC2)cc1. The lowest BCUT2D eigenvalue weighted by Gasteiger charge is -2.37. The molecule has 24 heavy (non-hydrogen) atoms. The second-order valence-electron chi connectivity index (χ2n) is 6.21. The van der Waals surface area contributed by atoms with Gasteiger partial charge in [-0.25, -0.2) is 4.98 Å². The molecule has 1 aliphatic rings. The normalized spacial score (nSPS) is 15.8. The molecule has 3 nitrogen and oxygen atoms in total. The Morgan fingerprint density at radius 2 is 1.46 bits per heavy atom. The Hall–Kier alpha value is -2.17. The summed E-state index contributed by atoms with van der Waals surface area (Å²) in [5.74, 6) is 0. The molecular formula is C20H22N3S+. The van der Waals surface area contributed by atoms with E-state index in [2.05, 4.69) is 75.9 Å². The maximum atomic E-state index is 4.46. The molecule has 0 radical (unpaired) electrons. The van der Waals surface area contributed by atoms with Crippen molar-refractivity contribution >= 4 is 16.5 Å². The van der Waals surface area contributed by atoms with Crippen molar-refractivity contribution in [2.45, 2.75) is 6.04 Å². The number of aromatic nitrogens is 1. The molecule has 0 unspecified atom stereocenters. The van der Waals surface area contributed by atoms with E-state index in [1.54, 1.807) is 16.2 Å². The topological polar surface area (TPSA) is 20.6 Å². The van der Waals surface area contributed by atoms with E-state index in [1.807, 2.05) is 6.20 Å². The summed E-state index contributed by atoms with van der Waals surface area (Å²) >= 11 is 1.74. The fraction of sp³-hybridized carbons (Fsp3) is 0.250. The second kappa shape index (κ2) is 7.16. The van der Waals surface area contributed by atoms with Crippen molar-refractivity contribution in [2.75, 3.05) is 31.1 Å². The molecule has 1 N–H and O–H groups in total. The minimum absolute atomic E-state index is 0.408. The van der Waals surface area contributed by atoms with Crippen LogP contribution in [0.1, 0.15) is 17.2 Å². The van der Waals surface area contributed by atoms with Crippen LogP contribution in [0.4, 0.5) is 5.13 Å². The summed E-state index contributed by atoms with van der Waals surface area (Å²) in [6, 6.07) is 22.2. The fourth-order valence-corrected chi connectivity index (χ4v) is 4.30. The molecule has 4 heteroatoms. The maximum Gasteiger partial charge on any atom is 0.185 e. The molecule has 2 heterocycles. The van der Waals surface area contributed by atoms with Crippen molar-refractivity contribution in [3.05, 3.63) is 83.4 Å². The first kappa shape index (κ1) is 15.4. The van der Waals surface area contributed by atoms with Crippen LogP contribution in [0, 0.1) is 0 Å². The summed E-state index contributed by atoms with van der Waals surface area (Å²) in [7, 11) is 0. The fourth-order valence-electron chi connectivity index (χ4n) is 3.60.